The Morgan fingerprint density at radius 2 is 1.27 bits per heavy atom. The predicted octanol–water partition coefficient (Wildman–Crippen LogP) is 2.32. The first-order valence-electron chi connectivity index (χ1n) is 20.9. The van der Waals surface area contributed by atoms with E-state index in [2.05, 4.69) is 74.5 Å². The lowest BCUT2D eigenvalue weighted by atomic mass is 9.31. The highest BCUT2D eigenvalue weighted by Crippen LogP contribution is 2.79. The van der Waals surface area contributed by atoms with Gasteiger partial charge in [0.1, 0.15) is 48.8 Å². The molecule has 2 saturated heterocycles. The van der Waals surface area contributed by atoms with Crippen LogP contribution in [-0.4, -0.2) is 139 Å². The van der Waals surface area contributed by atoms with Crippen molar-refractivity contribution in [1.29, 1.82) is 0 Å². The van der Waals surface area contributed by atoms with E-state index in [-0.39, 0.29) is 22.7 Å². The molecule has 4 saturated carbocycles. The molecular formula is C43H72O13. The minimum absolute atomic E-state index is 0.0949. The van der Waals surface area contributed by atoms with E-state index in [1.54, 1.807) is 0 Å². The molecule has 0 aromatic rings. The molecule has 0 unspecified atom stereocenters. The predicted molar refractivity (Wildman–Crippen MR) is 205 cm³/mol. The minimum atomic E-state index is -1.80. The van der Waals surface area contributed by atoms with Crippen LogP contribution in [0.3, 0.4) is 0 Å². The van der Waals surface area contributed by atoms with Crippen LogP contribution in [0, 0.1) is 44.8 Å². The fraction of sp³-hybridized carbons (Fsp3) is 0.907. The van der Waals surface area contributed by atoms with Crippen molar-refractivity contribution in [3.8, 4) is 0 Å². The van der Waals surface area contributed by atoms with E-state index in [1.807, 2.05) is 0 Å². The van der Waals surface area contributed by atoms with Crippen molar-refractivity contribution in [3.63, 3.8) is 0 Å². The van der Waals surface area contributed by atoms with Gasteiger partial charge >= 0.3 is 0 Å². The summed E-state index contributed by atoms with van der Waals surface area (Å²) in [5.74, 6) is 0.552. The lowest BCUT2D eigenvalue weighted by Crippen LogP contribution is -2.73. The summed E-state index contributed by atoms with van der Waals surface area (Å²) in [5.41, 5.74) is 0.852. The smallest absolute Gasteiger partial charge is 0.187 e. The third kappa shape index (κ3) is 6.71. The van der Waals surface area contributed by atoms with Gasteiger partial charge in [-0.2, -0.15) is 0 Å². The molecule has 0 spiro atoms. The van der Waals surface area contributed by atoms with E-state index in [4.69, 9.17) is 18.9 Å². The van der Waals surface area contributed by atoms with Gasteiger partial charge in [-0.25, -0.2) is 0 Å². The van der Waals surface area contributed by atoms with Crippen LogP contribution in [0.5, 0.6) is 0 Å². The van der Waals surface area contributed by atoms with Crippen molar-refractivity contribution in [3.05, 3.63) is 23.3 Å². The summed E-state index contributed by atoms with van der Waals surface area (Å²) >= 11 is 0. The Balaban J connectivity index is 1.28. The minimum Gasteiger partial charge on any atom is -0.394 e. The second-order valence-corrected chi connectivity index (χ2v) is 20.1. The summed E-state index contributed by atoms with van der Waals surface area (Å²) in [6.07, 6.45) is -7.92. The molecule has 9 N–H and O–H groups in total. The van der Waals surface area contributed by atoms with Crippen molar-refractivity contribution in [2.75, 3.05) is 13.2 Å². The quantitative estimate of drug-likeness (QED) is 0.121. The molecule has 6 rings (SSSR count). The second kappa shape index (κ2) is 15.8. The summed E-state index contributed by atoms with van der Waals surface area (Å²) in [5, 5.41) is 98.1. The molecule has 6 aliphatic rings. The number of fused-ring (bicyclic) bond motifs is 5. The first-order valence-corrected chi connectivity index (χ1v) is 20.9. The van der Waals surface area contributed by atoms with Gasteiger partial charge in [-0.05, 0) is 111 Å². The second-order valence-electron chi connectivity index (χ2n) is 20.1. The monoisotopic (exact) mass is 796 g/mol. The molecule has 0 radical (unpaired) electrons. The van der Waals surface area contributed by atoms with Crippen molar-refractivity contribution in [2.24, 2.45) is 44.8 Å². The van der Waals surface area contributed by atoms with Gasteiger partial charge in [-0.15, -0.1) is 0 Å². The van der Waals surface area contributed by atoms with Crippen LogP contribution >= 0.6 is 0 Å². The van der Waals surface area contributed by atoms with Gasteiger partial charge in [-0.1, -0.05) is 64.8 Å². The summed E-state index contributed by atoms with van der Waals surface area (Å²) in [4.78, 5) is 0. The van der Waals surface area contributed by atoms with Crippen LogP contribution in [0.4, 0.5) is 0 Å². The normalized spacial score (nSPS) is 53.1. The van der Waals surface area contributed by atoms with Crippen molar-refractivity contribution in [1.82, 2.24) is 0 Å². The highest BCUT2D eigenvalue weighted by Gasteiger charge is 2.75. The van der Waals surface area contributed by atoms with Crippen LogP contribution in [-0.2, 0) is 18.9 Å². The topological polar surface area (TPSA) is 219 Å². The lowest BCUT2D eigenvalue weighted by Gasteiger charge is -2.75. The number of rotatable bonds is 9. The maximum atomic E-state index is 12.3. The molecule has 20 atom stereocenters. The summed E-state index contributed by atoms with van der Waals surface area (Å²) in [6, 6.07) is 0. The van der Waals surface area contributed by atoms with Gasteiger partial charge in [0, 0.05) is 0 Å². The van der Waals surface area contributed by atoms with Crippen LogP contribution in [0.2, 0.25) is 0 Å². The molecule has 13 nitrogen and oxygen atoms in total. The Kier molecular flexibility index (Phi) is 12.5. The third-order valence-corrected chi connectivity index (χ3v) is 17.2. The SMILES string of the molecule is CC(C)=CC/C=C(/C)[C@H]1CC[C@]2(C)[C@@H]1[C@H](O)C[C@@H]1[C@@]3(C)C[C@@H](O)[C@H](O[C@H]4O[C@H](CO)[C@@H](O)[C@H](O)[C@H]4O[C@@H]4O[C@H](CO)[C@@H](O)[C@H](O)[C@H]4O)C(C)(C)[C@]3(C)CC[C@]12C. The number of aliphatic hydroxyl groups excluding tert-OH is 9. The number of hydrogen-bond donors (Lipinski definition) is 9. The standard InChI is InChI=1S/C43H72O13/c1-21(2)11-10-12-22(3)23-13-14-41(7)29(23)24(46)17-28-40(41,6)15-16-43(9)39(4,5)36(25(47)18-42(28,43)8)56-38-35(33(51)31(49)27(20-45)54-38)55-37-34(52)32(50)30(48)26(19-44)53-37/h11-12,23-38,44-52H,10,13-20H2,1-9H3/b22-12-/t23-,24-,25-,26-,27-,28+,29+,30-,31-,32+,33+,34-,35-,36+,37+,38-,40-,41-,42-,43+/m1/s1. The largest absolute Gasteiger partial charge is 0.394 e. The molecule has 0 aromatic carbocycles. The summed E-state index contributed by atoms with van der Waals surface area (Å²) in [6.45, 7) is 18.6. The van der Waals surface area contributed by atoms with Crippen molar-refractivity contribution < 1.29 is 64.9 Å². The van der Waals surface area contributed by atoms with E-state index < -0.39 is 109 Å². The molecule has 0 amide bonds. The van der Waals surface area contributed by atoms with Gasteiger partial charge in [0.25, 0.3) is 0 Å². The molecule has 0 bridgehead atoms. The molecule has 322 valence electrons. The summed E-state index contributed by atoms with van der Waals surface area (Å²) < 4.78 is 24.2. The Labute approximate surface area is 332 Å². The van der Waals surface area contributed by atoms with Gasteiger partial charge in [0.15, 0.2) is 12.6 Å². The maximum Gasteiger partial charge on any atom is 0.187 e. The Hall–Kier alpha value is -1.04. The average Bonchev–Trinajstić information content (AvgIpc) is 3.51. The first-order chi connectivity index (χ1) is 26.0. The number of aliphatic hydroxyl groups is 9. The number of hydrogen-bond acceptors (Lipinski definition) is 13. The fourth-order valence-corrected chi connectivity index (χ4v) is 13.2. The van der Waals surface area contributed by atoms with Crippen LogP contribution in [0.15, 0.2) is 23.3 Å². The van der Waals surface area contributed by atoms with E-state index in [9.17, 15) is 46.0 Å². The van der Waals surface area contributed by atoms with Crippen LogP contribution < -0.4 is 0 Å². The zero-order chi connectivity index (χ0) is 41.5. The lowest BCUT2D eigenvalue weighted by molar-refractivity contribution is -0.387. The zero-order valence-electron chi connectivity index (χ0n) is 34.9. The van der Waals surface area contributed by atoms with Crippen molar-refractivity contribution in [2.45, 2.75) is 187 Å². The molecule has 13 heteroatoms. The van der Waals surface area contributed by atoms with Gasteiger partial charge in [-0.3, -0.25) is 0 Å². The Bertz CT molecular complexity index is 1460. The maximum absolute atomic E-state index is 12.3. The van der Waals surface area contributed by atoms with E-state index in [0.29, 0.717) is 18.8 Å². The summed E-state index contributed by atoms with van der Waals surface area (Å²) in [7, 11) is 0. The average molecular weight is 797 g/mol. The molecule has 2 aliphatic heterocycles. The highest BCUT2D eigenvalue weighted by atomic mass is 16.8. The molecule has 4 aliphatic carbocycles. The van der Waals surface area contributed by atoms with Crippen LogP contribution in [0.1, 0.15) is 107 Å². The molecule has 0 aromatic heterocycles. The zero-order valence-corrected chi connectivity index (χ0v) is 34.9. The molecule has 6 fully saturated rings. The number of ether oxygens (including phenoxy) is 4. The third-order valence-electron chi connectivity index (χ3n) is 17.2. The van der Waals surface area contributed by atoms with Gasteiger partial charge in [0.05, 0.1) is 31.5 Å². The van der Waals surface area contributed by atoms with E-state index in [0.717, 1.165) is 32.1 Å². The van der Waals surface area contributed by atoms with E-state index in [1.165, 1.54) is 11.1 Å². The number of allylic oxidation sites excluding steroid dienone is 4. The molecule has 56 heavy (non-hydrogen) atoms. The van der Waals surface area contributed by atoms with Crippen molar-refractivity contribution >= 4 is 0 Å². The van der Waals surface area contributed by atoms with Gasteiger partial charge < -0.3 is 64.9 Å². The first kappa shape index (κ1) is 44.5. The van der Waals surface area contributed by atoms with E-state index >= 15 is 0 Å². The molecule has 2 heterocycles. The highest BCUT2D eigenvalue weighted by molar-refractivity contribution is 5.25. The fourth-order valence-electron chi connectivity index (χ4n) is 13.2. The Morgan fingerprint density at radius 3 is 1.88 bits per heavy atom. The van der Waals surface area contributed by atoms with Gasteiger partial charge in [0.2, 0.25) is 0 Å². The molecular weight excluding hydrogens is 724 g/mol. The Morgan fingerprint density at radius 1 is 0.661 bits per heavy atom. The van der Waals surface area contributed by atoms with Crippen LogP contribution in [0.25, 0.3) is 0 Å².